The topological polar surface area (TPSA) is 61.9 Å². The van der Waals surface area contributed by atoms with E-state index in [2.05, 4.69) is 36.2 Å². The second-order valence-corrected chi connectivity index (χ2v) is 11.4. The van der Waals surface area contributed by atoms with E-state index in [9.17, 15) is 9.59 Å². The zero-order chi connectivity index (χ0) is 28.1. The van der Waals surface area contributed by atoms with Gasteiger partial charge in [-0.05, 0) is 79.6 Å². The van der Waals surface area contributed by atoms with Crippen LogP contribution in [0.25, 0.3) is 6.08 Å². The summed E-state index contributed by atoms with van der Waals surface area (Å²) >= 11 is 0. The van der Waals surface area contributed by atoms with Crippen molar-refractivity contribution in [1.82, 2.24) is 10.2 Å². The lowest BCUT2D eigenvalue weighted by atomic mass is 9.92. The van der Waals surface area contributed by atoms with E-state index in [0.717, 1.165) is 54.7 Å². The quantitative estimate of drug-likeness (QED) is 0.280. The van der Waals surface area contributed by atoms with Crippen molar-refractivity contribution in [1.29, 1.82) is 0 Å². The van der Waals surface area contributed by atoms with E-state index in [-0.39, 0.29) is 17.6 Å². The highest BCUT2D eigenvalue weighted by Gasteiger charge is 2.30. The molecule has 0 aliphatic carbocycles. The minimum Gasteiger partial charge on any atom is -0.449 e. The molecular formula is C34H39N3O3. The van der Waals surface area contributed by atoms with Crippen LogP contribution in [0.3, 0.4) is 0 Å². The van der Waals surface area contributed by atoms with Crippen molar-refractivity contribution >= 4 is 23.6 Å². The summed E-state index contributed by atoms with van der Waals surface area (Å²) in [6, 6.07) is 23.1. The number of likely N-dealkylation sites (tertiary alicyclic amines) is 1. The molecule has 0 radical (unpaired) electrons. The fourth-order valence-corrected chi connectivity index (χ4v) is 5.76. The summed E-state index contributed by atoms with van der Waals surface area (Å²) in [4.78, 5) is 30.5. The van der Waals surface area contributed by atoms with Crippen LogP contribution in [-0.4, -0.2) is 42.9 Å². The third-order valence-electron chi connectivity index (χ3n) is 7.64. The van der Waals surface area contributed by atoms with Gasteiger partial charge in [0, 0.05) is 25.2 Å². The number of para-hydroxylation sites is 2. The van der Waals surface area contributed by atoms with Gasteiger partial charge in [0.25, 0.3) is 11.8 Å². The van der Waals surface area contributed by atoms with E-state index in [1.54, 1.807) is 23.1 Å². The van der Waals surface area contributed by atoms with Gasteiger partial charge in [-0.25, -0.2) is 0 Å². The van der Waals surface area contributed by atoms with Gasteiger partial charge in [0.15, 0.2) is 11.5 Å². The number of fused-ring (bicyclic) bond motifs is 1. The Hall–Kier alpha value is -3.90. The fraction of sp³-hybridized carbons (Fsp3) is 0.353. The highest BCUT2D eigenvalue weighted by molar-refractivity contribution is 6.09. The zero-order valence-corrected chi connectivity index (χ0v) is 23.7. The Morgan fingerprint density at radius 2 is 1.68 bits per heavy atom. The van der Waals surface area contributed by atoms with E-state index in [1.165, 1.54) is 12.0 Å². The largest absolute Gasteiger partial charge is 0.449 e. The molecule has 1 fully saturated rings. The molecule has 0 aromatic heterocycles. The van der Waals surface area contributed by atoms with Gasteiger partial charge >= 0.3 is 0 Å². The predicted molar refractivity (Wildman–Crippen MR) is 160 cm³/mol. The summed E-state index contributed by atoms with van der Waals surface area (Å²) in [5.41, 5.74) is 4.37. The lowest BCUT2D eigenvalue weighted by Gasteiger charge is -2.34. The smallest absolute Gasteiger partial charge is 0.294 e. The molecule has 3 aromatic rings. The maximum Gasteiger partial charge on any atom is 0.294 e. The van der Waals surface area contributed by atoms with Gasteiger partial charge in [-0.15, -0.1) is 0 Å². The monoisotopic (exact) mass is 537 g/mol. The van der Waals surface area contributed by atoms with E-state index < -0.39 is 0 Å². The molecule has 208 valence electrons. The molecule has 6 heteroatoms. The number of aryl methyl sites for hydroxylation is 1. The van der Waals surface area contributed by atoms with Crippen LogP contribution >= 0.6 is 0 Å². The number of nitrogens with one attached hydrogen (secondary N) is 1. The number of nitrogens with zero attached hydrogens (tertiary/aromatic N) is 2. The van der Waals surface area contributed by atoms with Crippen molar-refractivity contribution in [2.24, 2.45) is 11.8 Å². The average molecular weight is 538 g/mol. The van der Waals surface area contributed by atoms with E-state index in [4.69, 9.17) is 4.74 Å². The molecule has 5 rings (SSSR count). The molecule has 40 heavy (non-hydrogen) atoms. The van der Waals surface area contributed by atoms with Gasteiger partial charge in [-0.3, -0.25) is 14.5 Å². The summed E-state index contributed by atoms with van der Waals surface area (Å²) in [7, 11) is 0. The summed E-state index contributed by atoms with van der Waals surface area (Å²) in [5, 5.41) is 3.05. The first kappa shape index (κ1) is 27.7. The second-order valence-electron chi connectivity index (χ2n) is 11.4. The summed E-state index contributed by atoms with van der Waals surface area (Å²) in [6.07, 6.45) is 3.98. The van der Waals surface area contributed by atoms with Crippen LogP contribution in [-0.2, 0) is 11.3 Å². The molecule has 1 saturated heterocycles. The average Bonchev–Trinajstić information content (AvgIpc) is 2.94. The molecule has 1 N–H and O–H groups in total. The van der Waals surface area contributed by atoms with Crippen molar-refractivity contribution < 1.29 is 14.3 Å². The summed E-state index contributed by atoms with van der Waals surface area (Å²) in [5.74, 6) is 2.11. The number of carbonyl (C=O) groups excluding carboxylic acids is 2. The van der Waals surface area contributed by atoms with Gasteiger partial charge in [-0.2, -0.15) is 0 Å². The van der Waals surface area contributed by atoms with Crippen molar-refractivity contribution in [2.75, 3.05) is 31.1 Å². The highest BCUT2D eigenvalue weighted by atomic mass is 16.5. The van der Waals surface area contributed by atoms with Crippen LogP contribution < -0.4 is 15.0 Å². The molecular weight excluding hydrogens is 498 g/mol. The minimum absolute atomic E-state index is 0.0808. The van der Waals surface area contributed by atoms with Crippen molar-refractivity contribution in [2.45, 2.75) is 40.2 Å². The fourth-order valence-electron chi connectivity index (χ4n) is 5.76. The van der Waals surface area contributed by atoms with Crippen LogP contribution in [0, 0.1) is 18.8 Å². The van der Waals surface area contributed by atoms with Gasteiger partial charge in [0.1, 0.15) is 0 Å². The molecule has 0 unspecified atom stereocenters. The maximum absolute atomic E-state index is 13.5. The summed E-state index contributed by atoms with van der Waals surface area (Å²) in [6.45, 7) is 11.1. The molecule has 0 bridgehead atoms. The second kappa shape index (κ2) is 12.5. The number of anilines is 1. The van der Waals surface area contributed by atoms with Crippen LogP contribution in [0.2, 0.25) is 0 Å². The normalized spacial score (nSPS) is 20.2. The third-order valence-corrected chi connectivity index (χ3v) is 7.64. The lowest BCUT2D eigenvalue weighted by molar-refractivity contribution is -0.117. The third kappa shape index (κ3) is 6.80. The Morgan fingerprint density at radius 1 is 0.975 bits per heavy atom. The molecule has 2 heterocycles. The number of amides is 2. The van der Waals surface area contributed by atoms with Crippen LogP contribution in [0.4, 0.5) is 5.69 Å². The Bertz CT molecular complexity index is 1350. The predicted octanol–water partition coefficient (Wildman–Crippen LogP) is 6.06. The minimum atomic E-state index is -0.196. The molecule has 2 amide bonds. The SMILES string of the molecule is Cc1ccc(CN2C(=O)/C(=C\c3ccc(C(=O)NCCCN4C[C@H](C)C[C@@H](C)C4)cc3)Oc3ccccc32)cc1. The molecule has 2 aliphatic heterocycles. The molecule has 3 aromatic carbocycles. The van der Waals surface area contributed by atoms with Gasteiger partial charge in [0.2, 0.25) is 0 Å². The number of carbonyl (C=O) groups is 2. The van der Waals surface area contributed by atoms with Crippen molar-refractivity contribution in [3.05, 3.63) is 101 Å². The molecule has 0 spiro atoms. The number of piperidine rings is 1. The van der Waals surface area contributed by atoms with Crippen LogP contribution in [0.15, 0.2) is 78.6 Å². The lowest BCUT2D eigenvalue weighted by Crippen LogP contribution is -2.40. The number of hydrogen-bond acceptors (Lipinski definition) is 4. The first-order chi connectivity index (χ1) is 19.4. The Morgan fingerprint density at radius 3 is 2.40 bits per heavy atom. The van der Waals surface area contributed by atoms with Gasteiger partial charge < -0.3 is 15.0 Å². The first-order valence-corrected chi connectivity index (χ1v) is 14.3. The highest BCUT2D eigenvalue weighted by Crippen LogP contribution is 2.36. The number of ether oxygens (including phenoxy) is 1. The Balaban J connectivity index is 1.21. The van der Waals surface area contributed by atoms with E-state index in [1.807, 2.05) is 55.5 Å². The van der Waals surface area contributed by atoms with E-state index in [0.29, 0.717) is 24.4 Å². The van der Waals surface area contributed by atoms with Crippen LogP contribution in [0.5, 0.6) is 5.75 Å². The van der Waals surface area contributed by atoms with Gasteiger partial charge in [-0.1, -0.05) is 67.9 Å². The summed E-state index contributed by atoms with van der Waals surface area (Å²) < 4.78 is 6.03. The Kier molecular flexibility index (Phi) is 8.66. The van der Waals surface area contributed by atoms with Crippen molar-refractivity contribution in [3.63, 3.8) is 0 Å². The van der Waals surface area contributed by atoms with Crippen LogP contribution in [0.1, 0.15) is 53.7 Å². The molecule has 6 nitrogen and oxygen atoms in total. The number of benzene rings is 3. The van der Waals surface area contributed by atoms with Crippen molar-refractivity contribution in [3.8, 4) is 5.75 Å². The maximum atomic E-state index is 13.5. The molecule has 2 aliphatic rings. The van der Waals surface area contributed by atoms with E-state index >= 15 is 0 Å². The standard InChI is InChI=1S/C34H39N3O3/c1-24-9-11-28(12-10-24)23-37-30-7-4-5-8-31(30)40-32(34(37)39)20-27-13-15-29(16-14-27)33(38)35-17-6-18-36-21-25(2)19-26(3)22-36/h4-5,7-16,20,25-26H,6,17-19,21-23H2,1-3H3,(H,35,38)/b32-20+/t25-,26-/m1/s1. The first-order valence-electron chi connectivity index (χ1n) is 14.3. The number of hydrogen-bond donors (Lipinski definition) is 1. The zero-order valence-electron chi connectivity index (χ0n) is 23.7. The van der Waals surface area contributed by atoms with Gasteiger partial charge in [0.05, 0.1) is 12.2 Å². The molecule has 2 atom stereocenters. The number of rotatable bonds is 8. The molecule has 0 saturated carbocycles. The Labute approximate surface area is 237 Å².